The van der Waals surface area contributed by atoms with Crippen molar-refractivity contribution < 1.29 is 4.79 Å². The minimum Gasteiger partial charge on any atom is -0.352 e. The minimum atomic E-state index is -0.0780. The van der Waals surface area contributed by atoms with E-state index < -0.39 is 0 Å². The van der Waals surface area contributed by atoms with Gasteiger partial charge in [0, 0.05) is 37.5 Å². The molecule has 0 aliphatic carbocycles. The summed E-state index contributed by atoms with van der Waals surface area (Å²) >= 11 is 13.9. The van der Waals surface area contributed by atoms with Crippen molar-refractivity contribution in [2.24, 2.45) is 4.99 Å². The van der Waals surface area contributed by atoms with Crippen LogP contribution >= 0.6 is 35.0 Å². The lowest BCUT2D eigenvalue weighted by Crippen LogP contribution is -2.24. The van der Waals surface area contributed by atoms with Crippen LogP contribution in [-0.4, -0.2) is 18.2 Å². The highest BCUT2D eigenvalue weighted by molar-refractivity contribution is 7.99. The number of nitrogens with one attached hydrogen (secondary N) is 1. The first-order valence-electron chi connectivity index (χ1n) is 9.88. The van der Waals surface area contributed by atoms with Crippen LogP contribution in [0.1, 0.15) is 49.5 Å². The monoisotopic (exact) mass is 458 g/mol. The molecule has 1 aliphatic heterocycles. The summed E-state index contributed by atoms with van der Waals surface area (Å²) in [6.45, 7) is 6.61. The Bertz CT molecular complexity index is 1050. The van der Waals surface area contributed by atoms with Gasteiger partial charge in [0.25, 0.3) is 5.91 Å². The lowest BCUT2D eigenvalue weighted by molar-refractivity contribution is 0.0953. The summed E-state index contributed by atoms with van der Waals surface area (Å²) in [7, 11) is 0. The Morgan fingerprint density at radius 1 is 1.13 bits per heavy atom. The molecule has 156 valence electrons. The van der Waals surface area contributed by atoms with E-state index in [-0.39, 0.29) is 5.91 Å². The van der Waals surface area contributed by atoms with Crippen LogP contribution in [0.15, 0.2) is 73.9 Å². The van der Waals surface area contributed by atoms with E-state index in [1.165, 1.54) is 0 Å². The number of hydrogen-bond donors (Lipinski definition) is 1. The molecule has 1 aliphatic rings. The van der Waals surface area contributed by atoms with Gasteiger partial charge in [-0.15, -0.1) is 0 Å². The first-order valence-corrected chi connectivity index (χ1v) is 11.5. The van der Waals surface area contributed by atoms with Crippen molar-refractivity contribution in [2.75, 3.05) is 6.54 Å². The lowest BCUT2D eigenvalue weighted by Gasteiger charge is -2.09. The molecular formula is C24H24Cl2N2OS. The standard InChI is InChI=1S/C24H24Cl2N2OS/c1-4-5-12-27-24(29)17-8-11-21-20(13-17)28-23(15(2)6-7-16(3)25)19-10-9-18(26)14-22(19)30-21/h6-11,13-14H,4-5,12H2,1-3H3,(H,27,29)/b15-6+,16-7+. The fraction of sp³-hybridized carbons (Fsp3) is 0.250. The van der Waals surface area contributed by atoms with Crippen molar-refractivity contribution in [3.63, 3.8) is 0 Å². The van der Waals surface area contributed by atoms with Crippen LogP contribution in [0.4, 0.5) is 5.69 Å². The molecule has 6 heteroatoms. The molecule has 3 rings (SSSR count). The average molecular weight is 459 g/mol. The third-order valence-corrected chi connectivity index (χ3v) is 6.11. The average Bonchev–Trinajstić information content (AvgIpc) is 2.87. The Balaban J connectivity index is 2.08. The van der Waals surface area contributed by atoms with Gasteiger partial charge >= 0.3 is 0 Å². The molecule has 3 nitrogen and oxygen atoms in total. The number of amides is 1. The predicted molar refractivity (Wildman–Crippen MR) is 129 cm³/mol. The van der Waals surface area contributed by atoms with Gasteiger partial charge < -0.3 is 5.32 Å². The number of halogens is 2. The summed E-state index contributed by atoms with van der Waals surface area (Å²) in [4.78, 5) is 19.5. The van der Waals surface area contributed by atoms with E-state index in [2.05, 4.69) is 12.2 Å². The zero-order valence-electron chi connectivity index (χ0n) is 17.3. The lowest BCUT2D eigenvalue weighted by atomic mass is 10.0. The fourth-order valence-electron chi connectivity index (χ4n) is 3.01. The topological polar surface area (TPSA) is 41.5 Å². The molecule has 0 fully saturated rings. The Morgan fingerprint density at radius 3 is 2.67 bits per heavy atom. The minimum absolute atomic E-state index is 0.0780. The summed E-state index contributed by atoms with van der Waals surface area (Å²) < 4.78 is 0. The zero-order chi connectivity index (χ0) is 21.7. The molecule has 0 bridgehead atoms. The second-order valence-electron chi connectivity index (χ2n) is 7.10. The highest BCUT2D eigenvalue weighted by atomic mass is 35.5. The molecule has 30 heavy (non-hydrogen) atoms. The van der Waals surface area contributed by atoms with Crippen LogP contribution < -0.4 is 5.32 Å². The molecule has 0 unspecified atom stereocenters. The van der Waals surface area contributed by atoms with Crippen LogP contribution in [0.5, 0.6) is 0 Å². The van der Waals surface area contributed by atoms with Gasteiger partial charge in [-0.2, -0.15) is 0 Å². The normalized spacial score (nSPS) is 13.8. The van der Waals surface area contributed by atoms with Gasteiger partial charge in [-0.25, -0.2) is 4.99 Å². The Morgan fingerprint density at radius 2 is 1.93 bits per heavy atom. The molecule has 2 aromatic rings. The van der Waals surface area contributed by atoms with Gasteiger partial charge in [-0.3, -0.25) is 4.79 Å². The van der Waals surface area contributed by atoms with Crippen LogP contribution in [0.25, 0.3) is 0 Å². The van der Waals surface area contributed by atoms with Crippen LogP contribution in [0, 0.1) is 0 Å². The number of rotatable bonds is 6. The maximum absolute atomic E-state index is 12.5. The molecule has 0 atom stereocenters. The fourth-order valence-corrected chi connectivity index (χ4v) is 4.35. The van der Waals surface area contributed by atoms with Gasteiger partial charge in [-0.05, 0) is 62.2 Å². The summed E-state index contributed by atoms with van der Waals surface area (Å²) in [5.41, 5.74) is 4.19. The third kappa shape index (κ3) is 5.57. The van der Waals surface area contributed by atoms with E-state index in [1.807, 2.05) is 62.4 Å². The molecule has 1 N–H and O–H groups in total. The first-order chi connectivity index (χ1) is 14.4. The van der Waals surface area contributed by atoms with Crippen molar-refractivity contribution in [3.05, 3.63) is 75.3 Å². The number of carbonyl (C=O) groups excluding carboxylic acids is 1. The zero-order valence-corrected chi connectivity index (χ0v) is 19.6. The number of allylic oxidation sites excluding steroid dienone is 4. The number of nitrogens with zero attached hydrogens (tertiary/aromatic N) is 1. The quantitative estimate of drug-likeness (QED) is 0.358. The van der Waals surface area contributed by atoms with Gasteiger partial charge in [0.1, 0.15) is 0 Å². The molecule has 0 aromatic heterocycles. The predicted octanol–water partition coefficient (Wildman–Crippen LogP) is 7.54. The molecule has 1 amide bonds. The van der Waals surface area contributed by atoms with Crippen molar-refractivity contribution in [1.82, 2.24) is 5.32 Å². The van der Waals surface area contributed by atoms with Crippen LogP contribution in [0.2, 0.25) is 5.02 Å². The van der Waals surface area contributed by atoms with Crippen LogP contribution in [-0.2, 0) is 0 Å². The number of unbranched alkanes of at least 4 members (excludes halogenated alkanes) is 1. The molecule has 2 aromatic carbocycles. The Hall–Kier alpha value is -2.01. The number of benzene rings is 2. The van der Waals surface area contributed by atoms with E-state index in [4.69, 9.17) is 28.2 Å². The molecule has 0 saturated heterocycles. The molecule has 0 radical (unpaired) electrons. The second kappa shape index (κ2) is 10.3. The number of fused-ring (bicyclic) bond motifs is 2. The highest BCUT2D eigenvalue weighted by Crippen LogP contribution is 2.42. The second-order valence-corrected chi connectivity index (χ2v) is 9.21. The van der Waals surface area contributed by atoms with Crippen molar-refractivity contribution in [2.45, 2.75) is 43.4 Å². The van der Waals surface area contributed by atoms with Crippen molar-refractivity contribution >= 4 is 52.3 Å². The largest absolute Gasteiger partial charge is 0.352 e. The number of aliphatic imine (C=N–C) groups is 1. The summed E-state index contributed by atoms with van der Waals surface area (Å²) in [5.74, 6) is -0.0780. The Kier molecular flexibility index (Phi) is 7.81. The van der Waals surface area contributed by atoms with Crippen molar-refractivity contribution in [3.8, 4) is 0 Å². The Labute approximate surface area is 192 Å². The van der Waals surface area contributed by atoms with Gasteiger partial charge in [0.15, 0.2) is 0 Å². The number of carbonyl (C=O) groups is 1. The smallest absolute Gasteiger partial charge is 0.251 e. The maximum atomic E-state index is 12.5. The highest BCUT2D eigenvalue weighted by Gasteiger charge is 2.20. The summed E-state index contributed by atoms with van der Waals surface area (Å²) in [6.07, 6.45) is 5.81. The number of hydrogen-bond acceptors (Lipinski definition) is 3. The summed E-state index contributed by atoms with van der Waals surface area (Å²) in [6, 6.07) is 11.5. The molecule has 0 spiro atoms. The van der Waals surface area contributed by atoms with Crippen LogP contribution in [0.3, 0.4) is 0 Å². The third-order valence-electron chi connectivity index (χ3n) is 4.62. The summed E-state index contributed by atoms with van der Waals surface area (Å²) in [5, 5.41) is 4.34. The van der Waals surface area contributed by atoms with Gasteiger partial charge in [0.05, 0.1) is 11.4 Å². The SMILES string of the molecule is CCCCNC(=O)c1ccc2c(c1)N=C(/C(C)=C/C=C(\C)Cl)c1ccc(Cl)cc1S2. The van der Waals surface area contributed by atoms with E-state index in [0.29, 0.717) is 22.2 Å². The van der Waals surface area contributed by atoms with E-state index >= 15 is 0 Å². The molecular weight excluding hydrogens is 435 g/mol. The van der Waals surface area contributed by atoms with Gasteiger partial charge in [0.2, 0.25) is 0 Å². The van der Waals surface area contributed by atoms with E-state index in [1.54, 1.807) is 11.8 Å². The van der Waals surface area contributed by atoms with E-state index in [9.17, 15) is 4.79 Å². The first kappa shape index (κ1) is 22.7. The van der Waals surface area contributed by atoms with Crippen molar-refractivity contribution in [1.29, 1.82) is 0 Å². The molecule has 0 saturated carbocycles. The van der Waals surface area contributed by atoms with E-state index in [0.717, 1.165) is 45.2 Å². The molecule has 1 heterocycles. The maximum Gasteiger partial charge on any atom is 0.251 e. The van der Waals surface area contributed by atoms with Gasteiger partial charge in [-0.1, -0.05) is 60.5 Å².